The Kier molecular flexibility index (Phi) is 2.66. The van der Waals surface area contributed by atoms with Crippen LogP contribution in [-0.2, 0) is 6.42 Å². The van der Waals surface area contributed by atoms with Crippen LogP contribution >= 0.6 is 11.6 Å². The molecule has 2 rings (SSSR count). The average Bonchev–Trinajstić information content (AvgIpc) is 2.16. The Morgan fingerprint density at radius 1 is 1.57 bits per heavy atom. The fraction of sp³-hybridized carbons (Fsp3) is 0.455. The first-order valence-electron chi connectivity index (χ1n) is 4.87. The summed E-state index contributed by atoms with van der Waals surface area (Å²) in [6, 6.07) is 5.86. The van der Waals surface area contributed by atoms with E-state index in [1.807, 2.05) is 25.1 Å². The van der Waals surface area contributed by atoms with Crippen LogP contribution in [0, 0.1) is 0 Å². The normalized spacial score (nSPS) is 22.4. The van der Waals surface area contributed by atoms with E-state index in [-0.39, 0.29) is 12.1 Å². The second-order valence-corrected chi connectivity index (χ2v) is 4.24. The first-order chi connectivity index (χ1) is 6.66. The number of hydrogen-bond donors (Lipinski definition) is 1. The van der Waals surface area contributed by atoms with Crippen LogP contribution in [0.25, 0.3) is 0 Å². The molecule has 0 spiro atoms. The summed E-state index contributed by atoms with van der Waals surface area (Å²) in [5.74, 6) is 0.894. The molecule has 0 saturated carbocycles. The van der Waals surface area contributed by atoms with Gasteiger partial charge < -0.3 is 10.5 Å². The van der Waals surface area contributed by atoms with Crippen molar-refractivity contribution in [2.75, 3.05) is 0 Å². The molecule has 76 valence electrons. The molecular formula is C11H14ClNO. The standard InChI is InChI=1S/C11H14ClNO/c1-7(13)10-5-3-8-2-4-9(12)6-11(8)14-10/h2,4,6-7,10H,3,5,13H2,1H3. The van der Waals surface area contributed by atoms with Crippen LogP contribution in [0.15, 0.2) is 18.2 Å². The van der Waals surface area contributed by atoms with Gasteiger partial charge in [0.2, 0.25) is 0 Å². The van der Waals surface area contributed by atoms with Gasteiger partial charge in [0.25, 0.3) is 0 Å². The van der Waals surface area contributed by atoms with Gasteiger partial charge in [-0.05, 0) is 37.5 Å². The van der Waals surface area contributed by atoms with Gasteiger partial charge in [-0.15, -0.1) is 0 Å². The van der Waals surface area contributed by atoms with Crippen molar-refractivity contribution in [2.24, 2.45) is 5.73 Å². The summed E-state index contributed by atoms with van der Waals surface area (Å²) in [4.78, 5) is 0. The maximum atomic E-state index is 5.89. The van der Waals surface area contributed by atoms with Crippen molar-refractivity contribution in [3.63, 3.8) is 0 Å². The van der Waals surface area contributed by atoms with Gasteiger partial charge in [0.15, 0.2) is 0 Å². The molecule has 0 saturated heterocycles. The largest absolute Gasteiger partial charge is 0.488 e. The van der Waals surface area contributed by atoms with Crippen LogP contribution in [-0.4, -0.2) is 12.1 Å². The lowest BCUT2D eigenvalue weighted by molar-refractivity contribution is 0.151. The molecule has 0 fully saturated rings. The van der Waals surface area contributed by atoms with Crippen molar-refractivity contribution in [3.05, 3.63) is 28.8 Å². The van der Waals surface area contributed by atoms with Crippen LogP contribution in [0.5, 0.6) is 5.75 Å². The Morgan fingerprint density at radius 2 is 2.36 bits per heavy atom. The molecule has 1 aliphatic rings. The Morgan fingerprint density at radius 3 is 3.07 bits per heavy atom. The van der Waals surface area contributed by atoms with E-state index in [2.05, 4.69) is 0 Å². The summed E-state index contributed by atoms with van der Waals surface area (Å²) in [6.45, 7) is 1.97. The van der Waals surface area contributed by atoms with E-state index in [0.29, 0.717) is 5.02 Å². The smallest absolute Gasteiger partial charge is 0.124 e. The highest BCUT2D eigenvalue weighted by atomic mass is 35.5. The number of ether oxygens (including phenoxy) is 1. The minimum atomic E-state index is 0.0714. The lowest BCUT2D eigenvalue weighted by Gasteiger charge is -2.28. The van der Waals surface area contributed by atoms with Crippen LogP contribution in [0.3, 0.4) is 0 Å². The number of fused-ring (bicyclic) bond motifs is 1. The van der Waals surface area contributed by atoms with Crippen molar-refractivity contribution in [3.8, 4) is 5.75 Å². The number of nitrogens with two attached hydrogens (primary N) is 1. The van der Waals surface area contributed by atoms with Crippen LogP contribution < -0.4 is 10.5 Å². The molecule has 3 heteroatoms. The lowest BCUT2D eigenvalue weighted by atomic mass is 9.99. The highest BCUT2D eigenvalue weighted by molar-refractivity contribution is 6.30. The molecule has 1 aliphatic heterocycles. The molecule has 0 amide bonds. The third kappa shape index (κ3) is 1.86. The van der Waals surface area contributed by atoms with Gasteiger partial charge >= 0.3 is 0 Å². The second kappa shape index (κ2) is 3.79. The number of rotatable bonds is 1. The van der Waals surface area contributed by atoms with Gasteiger partial charge in [0, 0.05) is 11.1 Å². The average molecular weight is 212 g/mol. The highest BCUT2D eigenvalue weighted by Gasteiger charge is 2.22. The second-order valence-electron chi connectivity index (χ2n) is 3.81. The van der Waals surface area contributed by atoms with Crippen LogP contribution in [0.1, 0.15) is 18.9 Å². The minimum Gasteiger partial charge on any atom is -0.488 e. The predicted molar refractivity (Wildman–Crippen MR) is 57.8 cm³/mol. The monoisotopic (exact) mass is 211 g/mol. The fourth-order valence-electron chi connectivity index (χ4n) is 1.73. The van der Waals surface area contributed by atoms with Gasteiger partial charge in [0.05, 0.1) is 0 Å². The van der Waals surface area contributed by atoms with Crippen molar-refractivity contribution in [2.45, 2.75) is 31.9 Å². The Bertz CT molecular complexity index is 338. The van der Waals surface area contributed by atoms with E-state index in [4.69, 9.17) is 22.1 Å². The van der Waals surface area contributed by atoms with Gasteiger partial charge in [-0.25, -0.2) is 0 Å². The fourth-order valence-corrected chi connectivity index (χ4v) is 1.90. The van der Waals surface area contributed by atoms with E-state index < -0.39 is 0 Å². The molecule has 0 bridgehead atoms. The van der Waals surface area contributed by atoms with Gasteiger partial charge in [-0.2, -0.15) is 0 Å². The third-order valence-electron chi connectivity index (χ3n) is 2.59. The highest BCUT2D eigenvalue weighted by Crippen LogP contribution is 2.30. The summed E-state index contributed by atoms with van der Waals surface area (Å²) < 4.78 is 5.76. The SMILES string of the molecule is CC(N)C1CCc2ccc(Cl)cc2O1. The van der Waals surface area contributed by atoms with E-state index in [0.717, 1.165) is 18.6 Å². The van der Waals surface area contributed by atoms with E-state index in [9.17, 15) is 0 Å². The zero-order valence-electron chi connectivity index (χ0n) is 8.16. The van der Waals surface area contributed by atoms with E-state index >= 15 is 0 Å². The Balaban J connectivity index is 2.24. The Hall–Kier alpha value is -0.730. The molecule has 0 aliphatic carbocycles. The molecule has 2 N–H and O–H groups in total. The van der Waals surface area contributed by atoms with Crippen LogP contribution in [0.2, 0.25) is 5.02 Å². The minimum absolute atomic E-state index is 0.0714. The van der Waals surface area contributed by atoms with Gasteiger partial charge in [-0.3, -0.25) is 0 Å². The molecule has 2 nitrogen and oxygen atoms in total. The van der Waals surface area contributed by atoms with Gasteiger partial charge in [-0.1, -0.05) is 17.7 Å². The molecule has 2 unspecified atom stereocenters. The van der Waals surface area contributed by atoms with Crippen molar-refractivity contribution >= 4 is 11.6 Å². The summed E-state index contributed by atoms with van der Waals surface area (Å²) >= 11 is 5.89. The number of aryl methyl sites for hydroxylation is 1. The lowest BCUT2D eigenvalue weighted by Crippen LogP contribution is -2.38. The molecule has 1 aromatic rings. The molecular weight excluding hydrogens is 198 g/mol. The molecule has 1 aromatic carbocycles. The maximum Gasteiger partial charge on any atom is 0.124 e. The first-order valence-corrected chi connectivity index (χ1v) is 5.25. The zero-order chi connectivity index (χ0) is 10.1. The maximum absolute atomic E-state index is 5.89. The van der Waals surface area contributed by atoms with E-state index in [1.165, 1.54) is 5.56 Å². The molecule has 0 aromatic heterocycles. The quantitative estimate of drug-likeness (QED) is 0.774. The topological polar surface area (TPSA) is 35.2 Å². The molecule has 1 heterocycles. The summed E-state index contributed by atoms with van der Waals surface area (Å²) in [5, 5.41) is 0.717. The molecule has 14 heavy (non-hydrogen) atoms. The van der Waals surface area contributed by atoms with Crippen molar-refractivity contribution in [1.82, 2.24) is 0 Å². The molecule has 0 radical (unpaired) electrons. The summed E-state index contributed by atoms with van der Waals surface area (Å²) in [5.41, 5.74) is 7.03. The van der Waals surface area contributed by atoms with E-state index in [1.54, 1.807) is 0 Å². The summed E-state index contributed by atoms with van der Waals surface area (Å²) in [6.07, 6.45) is 2.14. The number of benzene rings is 1. The number of halogens is 1. The molecule has 2 atom stereocenters. The van der Waals surface area contributed by atoms with Gasteiger partial charge in [0.1, 0.15) is 11.9 Å². The number of hydrogen-bond acceptors (Lipinski definition) is 2. The predicted octanol–water partition coefficient (Wildman–Crippen LogP) is 2.38. The van der Waals surface area contributed by atoms with Crippen molar-refractivity contribution < 1.29 is 4.74 Å². The Labute approximate surface area is 89.0 Å². The zero-order valence-corrected chi connectivity index (χ0v) is 8.92. The summed E-state index contributed by atoms with van der Waals surface area (Å²) in [7, 11) is 0. The van der Waals surface area contributed by atoms with Crippen LogP contribution in [0.4, 0.5) is 0 Å². The van der Waals surface area contributed by atoms with Crippen molar-refractivity contribution in [1.29, 1.82) is 0 Å². The third-order valence-corrected chi connectivity index (χ3v) is 2.83. The first kappa shape index (κ1) is 9.81.